The minimum absolute atomic E-state index is 0.0374. The predicted octanol–water partition coefficient (Wildman–Crippen LogP) is 1.49. The molecule has 0 aromatic carbocycles. The van der Waals surface area contributed by atoms with E-state index in [9.17, 15) is 4.79 Å². The van der Waals surface area contributed by atoms with Gasteiger partial charge in [0, 0.05) is 25.6 Å². The molecule has 3 heterocycles. The normalized spacial score (nSPS) is 17.8. The maximum absolute atomic E-state index is 12.8. The average Bonchev–Trinajstić information content (AvgIpc) is 2.99. The van der Waals surface area contributed by atoms with Gasteiger partial charge < -0.3 is 15.1 Å². The number of hydrogen-bond donors (Lipinski definition) is 2. The molecule has 0 atom stereocenters. The Morgan fingerprint density at radius 3 is 3.09 bits per heavy atom. The molecule has 4 rings (SSSR count). The van der Waals surface area contributed by atoms with Crippen LogP contribution in [-0.2, 0) is 19.5 Å². The Morgan fingerprint density at radius 2 is 2.36 bits per heavy atom. The Morgan fingerprint density at radius 1 is 1.45 bits per heavy atom. The van der Waals surface area contributed by atoms with Crippen molar-refractivity contribution in [1.82, 2.24) is 14.9 Å². The van der Waals surface area contributed by atoms with E-state index < -0.39 is 0 Å². The molecule has 22 heavy (non-hydrogen) atoms. The molecule has 2 N–H and O–H groups in total. The molecule has 0 amide bonds. The summed E-state index contributed by atoms with van der Waals surface area (Å²) in [7, 11) is 0. The number of nitrogens with zero attached hydrogens (tertiary/aromatic N) is 2. The number of furan rings is 1. The summed E-state index contributed by atoms with van der Waals surface area (Å²) in [5, 5.41) is 6.69. The van der Waals surface area contributed by atoms with Crippen LogP contribution in [0.15, 0.2) is 27.6 Å². The van der Waals surface area contributed by atoms with Crippen LogP contribution in [0.1, 0.15) is 36.3 Å². The summed E-state index contributed by atoms with van der Waals surface area (Å²) in [4.78, 5) is 17.6. The molecule has 0 saturated heterocycles. The first-order chi connectivity index (χ1) is 10.8. The number of aromatic nitrogens is 2. The van der Waals surface area contributed by atoms with E-state index in [1.165, 1.54) is 6.42 Å². The number of rotatable bonds is 4. The molecule has 1 saturated carbocycles. The Labute approximate surface area is 128 Å². The molecular formula is C16H20N4O2. The van der Waals surface area contributed by atoms with Gasteiger partial charge in [0.2, 0.25) is 5.95 Å². The van der Waals surface area contributed by atoms with Gasteiger partial charge in [-0.3, -0.25) is 9.36 Å². The van der Waals surface area contributed by atoms with Crippen LogP contribution in [0.25, 0.3) is 0 Å². The van der Waals surface area contributed by atoms with Crippen molar-refractivity contribution >= 4 is 5.95 Å². The fourth-order valence-electron chi connectivity index (χ4n) is 2.99. The van der Waals surface area contributed by atoms with E-state index >= 15 is 0 Å². The van der Waals surface area contributed by atoms with Gasteiger partial charge in [-0.05, 0) is 31.4 Å². The van der Waals surface area contributed by atoms with Gasteiger partial charge in [-0.1, -0.05) is 0 Å². The summed E-state index contributed by atoms with van der Waals surface area (Å²) in [6.45, 7) is 1.90. The summed E-state index contributed by atoms with van der Waals surface area (Å²) < 4.78 is 7.12. The molecule has 116 valence electrons. The maximum Gasteiger partial charge on any atom is 0.260 e. The molecule has 0 radical (unpaired) electrons. The van der Waals surface area contributed by atoms with E-state index in [2.05, 4.69) is 10.6 Å². The van der Waals surface area contributed by atoms with Gasteiger partial charge in [-0.15, -0.1) is 0 Å². The van der Waals surface area contributed by atoms with Crippen molar-refractivity contribution < 1.29 is 4.42 Å². The van der Waals surface area contributed by atoms with Crippen LogP contribution in [0.3, 0.4) is 0 Å². The highest BCUT2D eigenvalue weighted by molar-refractivity contribution is 5.35. The number of anilines is 1. The van der Waals surface area contributed by atoms with Crippen LogP contribution in [0, 0.1) is 0 Å². The van der Waals surface area contributed by atoms with Gasteiger partial charge in [0.1, 0.15) is 5.76 Å². The first-order valence-electron chi connectivity index (χ1n) is 7.93. The standard InChI is InChI=1S/C16H20N4O2/c21-15-13-9-17-7-6-14(13)19-16(18-11-3-1-4-11)20(15)10-12-5-2-8-22-12/h2,5,8,11,17H,1,3-4,6-7,9-10H2,(H,18,19). The second-order valence-corrected chi connectivity index (χ2v) is 6.03. The van der Waals surface area contributed by atoms with E-state index in [-0.39, 0.29) is 5.56 Å². The van der Waals surface area contributed by atoms with Gasteiger partial charge in [-0.2, -0.15) is 0 Å². The highest BCUT2D eigenvalue weighted by atomic mass is 16.3. The predicted molar refractivity (Wildman–Crippen MR) is 83.0 cm³/mol. The highest BCUT2D eigenvalue weighted by Gasteiger charge is 2.23. The third-order valence-electron chi connectivity index (χ3n) is 4.52. The summed E-state index contributed by atoms with van der Waals surface area (Å²) in [6, 6.07) is 4.17. The fourth-order valence-corrected chi connectivity index (χ4v) is 2.99. The van der Waals surface area contributed by atoms with Crippen LogP contribution in [0.4, 0.5) is 5.95 Å². The molecule has 1 fully saturated rings. The maximum atomic E-state index is 12.8. The minimum atomic E-state index is 0.0374. The molecule has 0 bridgehead atoms. The summed E-state index contributed by atoms with van der Waals surface area (Å²) in [6.07, 6.45) is 5.98. The monoisotopic (exact) mass is 300 g/mol. The van der Waals surface area contributed by atoms with E-state index in [0.29, 0.717) is 25.1 Å². The Balaban J connectivity index is 1.75. The first-order valence-corrected chi connectivity index (χ1v) is 7.93. The van der Waals surface area contributed by atoms with Crippen molar-refractivity contribution in [3.05, 3.63) is 45.8 Å². The fraction of sp³-hybridized carbons (Fsp3) is 0.500. The highest BCUT2D eigenvalue weighted by Crippen LogP contribution is 2.23. The zero-order valence-corrected chi connectivity index (χ0v) is 12.5. The van der Waals surface area contributed by atoms with Crippen LogP contribution in [0.2, 0.25) is 0 Å². The van der Waals surface area contributed by atoms with Crippen molar-refractivity contribution in [3.8, 4) is 0 Å². The van der Waals surface area contributed by atoms with Gasteiger partial charge in [0.25, 0.3) is 5.56 Å². The van der Waals surface area contributed by atoms with Crippen LogP contribution in [0.5, 0.6) is 0 Å². The van der Waals surface area contributed by atoms with Crippen molar-refractivity contribution in [1.29, 1.82) is 0 Å². The van der Waals surface area contributed by atoms with Gasteiger partial charge in [0.15, 0.2) is 0 Å². The Bertz CT molecular complexity index is 716. The molecule has 2 aromatic heterocycles. The lowest BCUT2D eigenvalue weighted by atomic mass is 9.93. The van der Waals surface area contributed by atoms with Crippen molar-refractivity contribution in [3.63, 3.8) is 0 Å². The number of nitrogens with one attached hydrogen (secondary N) is 2. The molecule has 6 heteroatoms. The molecule has 2 aromatic rings. The molecule has 6 nitrogen and oxygen atoms in total. The van der Waals surface area contributed by atoms with E-state index in [4.69, 9.17) is 9.40 Å². The molecular weight excluding hydrogens is 280 g/mol. The molecule has 0 unspecified atom stereocenters. The Hall–Kier alpha value is -2.08. The Kier molecular flexibility index (Phi) is 3.46. The van der Waals surface area contributed by atoms with Crippen molar-refractivity contribution in [2.45, 2.75) is 44.8 Å². The molecule has 2 aliphatic rings. The number of fused-ring (bicyclic) bond motifs is 1. The largest absolute Gasteiger partial charge is 0.467 e. The molecule has 1 aliphatic heterocycles. The topological polar surface area (TPSA) is 72.1 Å². The lowest BCUT2D eigenvalue weighted by Crippen LogP contribution is -2.38. The zero-order chi connectivity index (χ0) is 14.9. The third kappa shape index (κ3) is 2.43. The second-order valence-electron chi connectivity index (χ2n) is 6.03. The summed E-state index contributed by atoms with van der Waals surface area (Å²) >= 11 is 0. The van der Waals surface area contributed by atoms with E-state index in [1.54, 1.807) is 10.8 Å². The van der Waals surface area contributed by atoms with Crippen molar-refractivity contribution in [2.75, 3.05) is 11.9 Å². The van der Waals surface area contributed by atoms with Crippen LogP contribution in [-0.4, -0.2) is 22.1 Å². The average molecular weight is 300 g/mol. The third-order valence-corrected chi connectivity index (χ3v) is 4.52. The van der Waals surface area contributed by atoms with Gasteiger partial charge in [-0.25, -0.2) is 4.98 Å². The minimum Gasteiger partial charge on any atom is -0.467 e. The second kappa shape index (κ2) is 5.61. The smallest absolute Gasteiger partial charge is 0.260 e. The summed E-state index contributed by atoms with van der Waals surface area (Å²) in [5.41, 5.74) is 1.76. The number of hydrogen-bond acceptors (Lipinski definition) is 5. The van der Waals surface area contributed by atoms with E-state index in [0.717, 1.165) is 42.8 Å². The lowest BCUT2D eigenvalue weighted by molar-refractivity contribution is 0.435. The first kappa shape index (κ1) is 13.6. The SMILES string of the molecule is O=c1c2c(nc(NC3CCC3)n1Cc1ccco1)CCNC2. The molecule has 0 spiro atoms. The van der Waals surface area contributed by atoms with Gasteiger partial charge in [0.05, 0.1) is 24.1 Å². The summed E-state index contributed by atoms with van der Waals surface area (Å²) in [5.74, 6) is 1.45. The van der Waals surface area contributed by atoms with Crippen molar-refractivity contribution in [2.24, 2.45) is 0 Å². The van der Waals surface area contributed by atoms with Crippen LogP contribution >= 0.6 is 0 Å². The van der Waals surface area contributed by atoms with E-state index in [1.807, 2.05) is 12.1 Å². The van der Waals surface area contributed by atoms with Gasteiger partial charge >= 0.3 is 0 Å². The quantitative estimate of drug-likeness (QED) is 0.895. The zero-order valence-electron chi connectivity index (χ0n) is 12.5. The van der Waals surface area contributed by atoms with Crippen LogP contribution < -0.4 is 16.2 Å². The molecule has 1 aliphatic carbocycles. The lowest BCUT2D eigenvalue weighted by Gasteiger charge is -2.29.